The third kappa shape index (κ3) is 6.23. The van der Waals surface area contributed by atoms with E-state index in [9.17, 15) is 9.36 Å². The van der Waals surface area contributed by atoms with E-state index >= 15 is 0 Å². The molecular weight excluding hydrogens is 195 g/mol. The molecule has 0 fully saturated rings. The lowest BCUT2D eigenvalue weighted by atomic mass is 10.4. The van der Waals surface area contributed by atoms with Crippen LogP contribution in [0.1, 0.15) is 0 Å². The number of carbonyl (C=O) groups is 1. The summed E-state index contributed by atoms with van der Waals surface area (Å²) in [6.45, 7) is -0.946. The minimum absolute atomic E-state index is 0. The monoisotopic (exact) mass is 204 g/mol. The topological polar surface area (TPSA) is 156 Å². The van der Waals surface area contributed by atoms with Crippen molar-refractivity contribution in [3.63, 3.8) is 0 Å². The van der Waals surface area contributed by atoms with E-state index < -0.39 is 26.5 Å². The summed E-state index contributed by atoms with van der Waals surface area (Å²) in [5.74, 6) is -1.55. The van der Waals surface area contributed by atoms with E-state index in [1.165, 1.54) is 0 Å². The first-order valence-electron chi connectivity index (χ1n) is 2.44. The van der Waals surface area contributed by atoms with Gasteiger partial charge in [0.2, 0.25) is 0 Å². The Bertz CT molecular complexity index is 183. The smallest absolute Gasteiger partial charge is 0.412 e. The van der Waals surface area contributed by atoms with Gasteiger partial charge in [-0.05, 0) is 0 Å². The number of phosphoric ester groups is 1. The molecule has 0 heterocycles. The first-order valence-corrected chi connectivity index (χ1v) is 3.98. The van der Waals surface area contributed by atoms with Crippen LogP contribution >= 0.6 is 7.82 Å². The van der Waals surface area contributed by atoms with E-state index in [4.69, 9.17) is 20.0 Å². The van der Waals surface area contributed by atoms with E-state index in [1.807, 2.05) is 0 Å². The molecule has 9 heteroatoms. The Labute approximate surface area is 67.0 Å². The number of hydrogen-bond donors (Lipinski definition) is 4. The molecule has 1 atom stereocenters. The van der Waals surface area contributed by atoms with Crippen molar-refractivity contribution in [1.82, 2.24) is 0 Å². The van der Waals surface area contributed by atoms with Crippen molar-refractivity contribution in [2.24, 2.45) is 0 Å². The van der Waals surface area contributed by atoms with E-state index in [-0.39, 0.29) is 5.48 Å². The first kappa shape index (κ1) is 14.0. The summed E-state index contributed by atoms with van der Waals surface area (Å²) in [5.41, 5.74) is 0. The molecule has 0 spiro atoms. The highest BCUT2D eigenvalue weighted by molar-refractivity contribution is 7.46. The van der Waals surface area contributed by atoms with Gasteiger partial charge < -0.3 is 20.2 Å². The highest BCUT2D eigenvalue weighted by Gasteiger charge is 2.25. The lowest BCUT2D eigenvalue weighted by molar-refractivity contribution is -0.147. The molecule has 6 N–H and O–H groups in total. The summed E-state index contributed by atoms with van der Waals surface area (Å²) in [6, 6.07) is 0. The summed E-state index contributed by atoms with van der Waals surface area (Å²) in [7, 11) is -4.91. The number of phosphoric acid groups is 1. The summed E-state index contributed by atoms with van der Waals surface area (Å²) in [6.07, 6.45) is -1.91. The summed E-state index contributed by atoms with van der Waals surface area (Å²) in [4.78, 5) is 26.3. The van der Waals surface area contributed by atoms with E-state index in [0.717, 1.165) is 0 Å². The molecule has 0 aliphatic heterocycles. The largest absolute Gasteiger partial charge is 0.527 e. The zero-order chi connectivity index (χ0) is 9.07. The molecule has 0 aromatic carbocycles. The van der Waals surface area contributed by atoms with Crippen LogP contribution in [0.3, 0.4) is 0 Å². The third-order valence-corrected chi connectivity index (χ3v) is 1.07. The molecular formula is C3H9O8P. The van der Waals surface area contributed by atoms with Gasteiger partial charge in [-0.3, -0.25) is 9.79 Å². The van der Waals surface area contributed by atoms with Crippen LogP contribution in [0.2, 0.25) is 0 Å². The Morgan fingerprint density at radius 1 is 1.50 bits per heavy atom. The minimum Gasteiger partial charge on any atom is -0.412 e. The van der Waals surface area contributed by atoms with Crippen LogP contribution < -0.4 is 0 Å². The molecule has 0 aliphatic rings. The fourth-order valence-electron chi connectivity index (χ4n) is 0.253. The van der Waals surface area contributed by atoms with Crippen molar-refractivity contribution in [1.29, 1.82) is 0 Å². The maximum absolute atomic E-state index is 10.3. The quantitative estimate of drug-likeness (QED) is 0.360. The number of hydrogen-bond acceptors (Lipinski definition) is 5. The van der Waals surface area contributed by atoms with Crippen LogP contribution in [0.25, 0.3) is 0 Å². The van der Waals surface area contributed by atoms with Gasteiger partial charge in [0, 0.05) is 0 Å². The number of aliphatic hydroxyl groups is 2. The zero-order valence-electron chi connectivity index (χ0n) is 5.75. The normalized spacial score (nSPS) is 13.0. The van der Waals surface area contributed by atoms with Crippen LogP contribution in [0.5, 0.6) is 0 Å². The van der Waals surface area contributed by atoms with Crippen molar-refractivity contribution in [3.8, 4) is 0 Å². The molecule has 0 saturated carbocycles. The third-order valence-electron chi connectivity index (χ3n) is 0.654. The highest BCUT2D eigenvalue weighted by Crippen LogP contribution is 2.36. The summed E-state index contributed by atoms with van der Waals surface area (Å²) < 4.78 is 13.3. The summed E-state index contributed by atoms with van der Waals surface area (Å²) in [5, 5.41) is 16.5. The van der Waals surface area contributed by atoms with Gasteiger partial charge in [-0.1, -0.05) is 0 Å². The van der Waals surface area contributed by atoms with Crippen LogP contribution in [0.15, 0.2) is 0 Å². The van der Waals surface area contributed by atoms with E-state index in [2.05, 4.69) is 4.52 Å². The molecule has 12 heavy (non-hydrogen) atoms. The van der Waals surface area contributed by atoms with Gasteiger partial charge in [-0.2, -0.15) is 0 Å². The van der Waals surface area contributed by atoms with Gasteiger partial charge in [0.05, 0.1) is 6.61 Å². The van der Waals surface area contributed by atoms with Crippen LogP contribution in [0, 0.1) is 0 Å². The summed E-state index contributed by atoms with van der Waals surface area (Å²) >= 11 is 0. The van der Waals surface area contributed by atoms with Gasteiger partial charge in [0.25, 0.3) is 0 Å². The molecule has 0 aromatic heterocycles. The molecule has 0 bridgehead atoms. The first-order chi connectivity index (χ1) is 4.87. The van der Waals surface area contributed by atoms with Gasteiger partial charge in [-0.15, -0.1) is 0 Å². The molecule has 0 aliphatic carbocycles. The SMILES string of the molecule is O.O=C(OP(=O)(O)O)C(O)CO. The Morgan fingerprint density at radius 3 is 2.17 bits per heavy atom. The average Bonchev–Trinajstić information content (AvgIpc) is 1.82. The minimum atomic E-state index is -4.91. The second-order valence-electron chi connectivity index (χ2n) is 1.60. The van der Waals surface area contributed by atoms with Gasteiger partial charge in [0.1, 0.15) is 0 Å². The van der Waals surface area contributed by atoms with Crippen molar-refractivity contribution >= 4 is 13.8 Å². The molecule has 0 saturated heterocycles. The predicted molar refractivity (Wildman–Crippen MR) is 34.8 cm³/mol. The number of rotatable bonds is 3. The second kappa shape index (κ2) is 5.20. The molecule has 0 rings (SSSR count). The lowest BCUT2D eigenvalue weighted by Gasteiger charge is -2.07. The van der Waals surface area contributed by atoms with E-state index in [0.29, 0.717) is 0 Å². The van der Waals surface area contributed by atoms with Gasteiger partial charge >= 0.3 is 13.8 Å². The van der Waals surface area contributed by atoms with Crippen molar-refractivity contribution in [3.05, 3.63) is 0 Å². The molecule has 0 aromatic rings. The van der Waals surface area contributed by atoms with Crippen LogP contribution in [0.4, 0.5) is 0 Å². The van der Waals surface area contributed by atoms with Crippen LogP contribution in [-0.4, -0.2) is 44.2 Å². The number of aliphatic hydroxyl groups excluding tert-OH is 2. The fourth-order valence-corrected chi connectivity index (χ4v) is 0.609. The predicted octanol–water partition coefficient (Wildman–Crippen LogP) is -2.85. The van der Waals surface area contributed by atoms with E-state index in [1.54, 1.807) is 0 Å². The molecule has 1 unspecified atom stereocenters. The Kier molecular flexibility index (Phi) is 6.09. The maximum atomic E-state index is 10.3. The fraction of sp³-hybridized carbons (Fsp3) is 0.667. The Morgan fingerprint density at radius 2 is 1.92 bits per heavy atom. The van der Waals surface area contributed by atoms with Crippen LogP contribution in [-0.2, 0) is 13.9 Å². The average molecular weight is 204 g/mol. The maximum Gasteiger partial charge on any atom is 0.527 e. The lowest BCUT2D eigenvalue weighted by Crippen LogP contribution is -2.25. The second-order valence-corrected chi connectivity index (χ2v) is 2.76. The molecule has 74 valence electrons. The van der Waals surface area contributed by atoms with Crippen molar-refractivity contribution in [2.45, 2.75) is 6.10 Å². The van der Waals surface area contributed by atoms with Crippen molar-refractivity contribution < 1.29 is 39.4 Å². The van der Waals surface area contributed by atoms with Crippen molar-refractivity contribution in [2.75, 3.05) is 6.61 Å². The highest BCUT2D eigenvalue weighted by atomic mass is 31.2. The van der Waals surface area contributed by atoms with Gasteiger partial charge in [0.15, 0.2) is 6.10 Å². The van der Waals surface area contributed by atoms with Gasteiger partial charge in [-0.25, -0.2) is 9.36 Å². The molecule has 0 amide bonds. The zero-order valence-corrected chi connectivity index (χ0v) is 6.64. The molecule has 8 nitrogen and oxygen atoms in total. The number of carbonyl (C=O) groups excluding carboxylic acids is 1. The Balaban J connectivity index is 0. The standard InChI is InChI=1S/C3H7O7P.H2O/c4-1-2(5)3(6)10-11(7,8)9;/h2,4-5H,1H2,(H2,7,8,9);1H2. The molecule has 0 radical (unpaired) electrons. The Hall–Kier alpha value is -0.500.